The van der Waals surface area contributed by atoms with Gasteiger partial charge in [0.1, 0.15) is 17.4 Å². The lowest BCUT2D eigenvalue weighted by Gasteiger charge is -2.13. The first-order valence-electron chi connectivity index (χ1n) is 8.51. The van der Waals surface area contributed by atoms with E-state index in [9.17, 15) is 9.90 Å². The third-order valence-corrected chi connectivity index (χ3v) is 4.89. The fraction of sp³-hybridized carbons (Fsp3) is 0.300. The number of nitrogens with zero attached hydrogens (tertiary/aromatic N) is 2. The summed E-state index contributed by atoms with van der Waals surface area (Å²) < 4.78 is 7.80. The second-order valence-corrected chi connectivity index (χ2v) is 7.51. The molecule has 0 radical (unpaired) electrons. The molecule has 0 atom stereocenters. The minimum absolute atomic E-state index is 0.329. The predicted octanol–water partition coefficient (Wildman–Crippen LogP) is 4.85. The molecule has 0 unspecified atom stereocenters. The van der Waals surface area contributed by atoms with E-state index in [4.69, 9.17) is 4.74 Å². The Kier molecular flexibility index (Phi) is 5.42. The van der Waals surface area contributed by atoms with E-state index in [0.29, 0.717) is 18.1 Å². The van der Waals surface area contributed by atoms with Crippen molar-refractivity contribution in [2.45, 2.75) is 33.9 Å². The minimum Gasteiger partial charge on any atom is -0.486 e. The van der Waals surface area contributed by atoms with Gasteiger partial charge in [0.2, 0.25) is 0 Å². The van der Waals surface area contributed by atoms with Crippen molar-refractivity contribution in [1.29, 1.82) is 0 Å². The molecule has 6 heteroatoms. The molecule has 0 saturated heterocycles. The Balaban J connectivity index is 1.86. The molecule has 0 fully saturated rings. The summed E-state index contributed by atoms with van der Waals surface area (Å²) in [6, 6.07) is 11.3. The molecule has 0 spiro atoms. The summed E-state index contributed by atoms with van der Waals surface area (Å²) in [4.78, 5) is 16.2. The highest BCUT2D eigenvalue weighted by atomic mass is 32.1. The van der Waals surface area contributed by atoms with Gasteiger partial charge in [-0.25, -0.2) is 9.78 Å². The molecule has 1 aromatic carbocycles. The van der Waals surface area contributed by atoms with Crippen LogP contribution in [0, 0.1) is 12.8 Å². The van der Waals surface area contributed by atoms with Gasteiger partial charge < -0.3 is 14.4 Å². The number of carbonyl (C=O) groups is 1. The quantitative estimate of drug-likeness (QED) is 0.645. The monoisotopic (exact) mass is 370 g/mol. The normalized spacial score (nSPS) is 11.1. The summed E-state index contributed by atoms with van der Waals surface area (Å²) in [5, 5.41) is 12.3. The Morgan fingerprint density at radius 2 is 2.04 bits per heavy atom. The molecule has 0 aliphatic rings. The Morgan fingerprint density at radius 1 is 1.31 bits per heavy atom. The van der Waals surface area contributed by atoms with Crippen LogP contribution in [0.25, 0.3) is 11.4 Å². The van der Waals surface area contributed by atoms with Gasteiger partial charge in [0.25, 0.3) is 0 Å². The van der Waals surface area contributed by atoms with E-state index >= 15 is 0 Å². The van der Waals surface area contributed by atoms with Gasteiger partial charge in [0, 0.05) is 17.6 Å². The molecule has 0 saturated carbocycles. The highest BCUT2D eigenvalue weighted by Crippen LogP contribution is 2.28. The summed E-state index contributed by atoms with van der Waals surface area (Å²) in [5.74, 6) is 0.298. The van der Waals surface area contributed by atoms with E-state index in [-0.39, 0.29) is 0 Å². The van der Waals surface area contributed by atoms with Crippen LogP contribution in [0.3, 0.4) is 0 Å². The zero-order chi connectivity index (χ0) is 18.7. The highest BCUT2D eigenvalue weighted by Gasteiger charge is 2.20. The van der Waals surface area contributed by atoms with Gasteiger partial charge in [-0.15, -0.1) is 11.3 Å². The zero-order valence-corrected chi connectivity index (χ0v) is 15.9. The van der Waals surface area contributed by atoms with Crippen LogP contribution in [0.1, 0.15) is 34.9 Å². The standard InChI is InChI=1S/C20H22N2O3S/c1-13(2)10-22-14(3)16(20(23)24)9-18(22)17-12-26-19(21-17)11-25-15-7-5-4-6-8-15/h4-9,12-13H,10-11H2,1-3H3,(H,23,24). The average Bonchev–Trinajstić information content (AvgIpc) is 3.19. The van der Waals surface area contributed by atoms with Gasteiger partial charge >= 0.3 is 5.97 Å². The number of carboxylic acid groups (broad SMARTS) is 1. The van der Waals surface area contributed by atoms with E-state index in [0.717, 1.165) is 34.4 Å². The van der Waals surface area contributed by atoms with Crippen molar-refractivity contribution in [3.8, 4) is 17.1 Å². The molecule has 136 valence electrons. The zero-order valence-electron chi connectivity index (χ0n) is 15.1. The van der Waals surface area contributed by atoms with Crippen molar-refractivity contribution in [2.75, 3.05) is 0 Å². The van der Waals surface area contributed by atoms with Gasteiger partial charge in [-0.3, -0.25) is 0 Å². The number of aromatic carboxylic acids is 1. The average molecular weight is 370 g/mol. The second-order valence-electron chi connectivity index (χ2n) is 6.57. The Hall–Kier alpha value is -2.60. The Labute approximate surface area is 156 Å². The van der Waals surface area contributed by atoms with Gasteiger partial charge in [0.05, 0.1) is 17.0 Å². The predicted molar refractivity (Wildman–Crippen MR) is 103 cm³/mol. The van der Waals surface area contributed by atoms with Crippen LogP contribution >= 0.6 is 11.3 Å². The molecule has 1 N–H and O–H groups in total. The first-order chi connectivity index (χ1) is 12.5. The van der Waals surface area contributed by atoms with Crippen molar-refractivity contribution < 1.29 is 14.6 Å². The molecular formula is C20H22N2O3S. The third kappa shape index (κ3) is 3.96. The number of rotatable bonds is 7. The molecule has 2 heterocycles. The lowest BCUT2D eigenvalue weighted by Crippen LogP contribution is -2.09. The van der Waals surface area contributed by atoms with Crippen molar-refractivity contribution in [1.82, 2.24) is 9.55 Å². The summed E-state index contributed by atoms with van der Waals surface area (Å²) in [7, 11) is 0. The van der Waals surface area contributed by atoms with Gasteiger partial charge in [-0.05, 0) is 31.0 Å². The molecule has 0 aliphatic heterocycles. The fourth-order valence-electron chi connectivity index (χ4n) is 2.83. The second kappa shape index (κ2) is 7.74. The summed E-state index contributed by atoms with van der Waals surface area (Å²) in [6.07, 6.45) is 0. The SMILES string of the molecule is Cc1c(C(=O)O)cc(-c2csc(COc3ccccc3)n2)n1CC(C)C. The van der Waals surface area contributed by atoms with Crippen molar-refractivity contribution >= 4 is 17.3 Å². The summed E-state index contributed by atoms with van der Waals surface area (Å²) >= 11 is 1.52. The fourth-order valence-corrected chi connectivity index (χ4v) is 3.53. The van der Waals surface area contributed by atoms with Crippen molar-refractivity contribution in [3.05, 3.63) is 58.0 Å². The molecule has 0 bridgehead atoms. The molecule has 26 heavy (non-hydrogen) atoms. The number of carboxylic acids is 1. The van der Waals surface area contributed by atoms with Gasteiger partial charge in [-0.2, -0.15) is 0 Å². The Bertz CT molecular complexity index is 897. The van der Waals surface area contributed by atoms with Crippen molar-refractivity contribution in [2.24, 2.45) is 5.92 Å². The van der Waals surface area contributed by atoms with E-state index in [2.05, 4.69) is 18.8 Å². The van der Waals surface area contributed by atoms with Crippen LogP contribution in [0.2, 0.25) is 0 Å². The van der Waals surface area contributed by atoms with Crippen LogP contribution in [0.5, 0.6) is 5.75 Å². The van der Waals surface area contributed by atoms with Crippen LogP contribution in [-0.4, -0.2) is 20.6 Å². The minimum atomic E-state index is -0.908. The summed E-state index contributed by atoms with van der Waals surface area (Å²) in [6.45, 7) is 7.22. The molecule has 0 aliphatic carbocycles. The molecule has 5 nitrogen and oxygen atoms in total. The topological polar surface area (TPSA) is 64.3 Å². The number of ether oxygens (including phenoxy) is 1. The Morgan fingerprint density at radius 3 is 2.69 bits per heavy atom. The maximum Gasteiger partial charge on any atom is 0.337 e. The third-order valence-electron chi connectivity index (χ3n) is 4.06. The van der Waals surface area contributed by atoms with Crippen LogP contribution < -0.4 is 4.74 Å². The number of hydrogen-bond acceptors (Lipinski definition) is 4. The van der Waals surface area contributed by atoms with Crippen LogP contribution in [0.4, 0.5) is 0 Å². The van der Waals surface area contributed by atoms with Gasteiger partial charge in [-0.1, -0.05) is 32.0 Å². The highest BCUT2D eigenvalue weighted by molar-refractivity contribution is 7.09. The van der Waals surface area contributed by atoms with Crippen LogP contribution in [0.15, 0.2) is 41.8 Å². The number of benzene rings is 1. The van der Waals surface area contributed by atoms with Gasteiger partial charge in [0.15, 0.2) is 0 Å². The first kappa shape index (κ1) is 18.2. The maximum atomic E-state index is 11.5. The number of hydrogen-bond donors (Lipinski definition) is 1. The summed E-state index contributed by atoms with van der Waals surface area (Å²) in [5.41, 5.74) is 2.72. The van der Waals surface area contributed by atoms with E-state index < -0.39 is 5.97 Å². The molecule has 3 aromatic rings. The molecule has 0 amide bonds. The van der Waals surface area contributed by atoms with Crippen LogP contribution in [-0.2, 0) is 13.2 Å². The molecular weight excluding hydrogens is 348 g/mol. The number of thiazole rings is 1. The van der Waals surface area contributed by atoms with E-state index in [1.807, 2.05) is 47.2 Å². The van der Waals surface area contributed by atoms with E-state index in [1.165, 1.54) is 11.3 Å². The van der Waals surface area contributed by atoms with E-state index in [1.54, 1.807) is 6.07 Å². The lowest BCUT2D eigenvalue weighted by molar-refractivity contribution is 0.0696. The smallest absolute Gasteiger partial charge is 0.337 e. The van der Waals surface area contributed by atoms with Crippen molar-refractivity contribution in [3.63, 3.8) is 0 Å². The number of para-hydroxylation sites is 1. The molecule has 2 aromatic heterocycles. The largest absolute Gasteiger partial charge is 0.486 e. The first-order valence-corrected chi connectivity index (χ1v) is 9.39. The number of aromatic nitrogens is 2. The molecule has 3 rings (SSSR count). The maximum absolute atomic E-state index is 11.5. The lowest BCUT2D eigenvalue weighted by atomic mass is 10.2.